The highest BCUT2D eigenvalue weighted by Gasteiger charge is 2.35. The van der Waals surface area contributed by atoms with Gasteiger partial charge in [-0.25, -0.2) is 0 Å². The minimum absolute atomic E-state index is 0.136. The van der Waals surface area contributed by atoms with E-state index in [1.165, 1.54) is 0 Å². The van der Waals surface area contributed by atoms with Crippen LogP contribution in [0.3, 0.4) is 0 Å². The molecule has 0 N–H and O–H groups in total. The minimum Gasteiger partial charge on any atom is -0.341 e. The summed E-state index contributed by atoms with van der Waals surface area (Å²) in [6.45, 7) is 4.94. The second kappa shape index (κ2) is 5.51. The first-order chi connectivity index (χ1) is 8.99. The average molecular weight is 260 g/mol. The molecule has 4 nitrogen and oxygen atoms in total. The lowest BCUT2D eigenvalue weighted by atomic mass is 9.82. The van der Waals surface area contributed by atoms with Gasteiger partial charge in [-0.2, -0.15) is 0 Å². The van der Waals surface area contributed by atoms with Crippen LogP contribution in [0.2, 0.25) is 0 Å². The van der Waals surface area contributed by atoms with Crippen LogP contribution in [0.15, 0.2) is 24.5 Å². The lowest BCUT2D eigenvalue weighted by molar-refractivity contribution is -0.140. The zero-order chi connectivity index (χ0) is 13.9. The predicted molar refractivity (Wildman–Crippen MR) is 72.5 cm³/mol. The Labute approximate surface area is 113 Å². The van der Waals surface area contributed by atoms with Crippen LogP contribution in [0, 0.1) is 5.41 Å². The molecule has 19 heavy (non-hydrogen) atoms. The standard InChI is InChI=1S/C15H20N2O2/c1-15(2)11-17(10-7-13(15)18)14(19)4-3-12-5-8-16-9-6-12/h5-6,8-9H,3-4,7,10-11H2,1-2H3. The Morgan fingerprint density at radius 2 is 2.05 bits per heavy atom. The predicted octanol–water partition coefficient (Wildman–Crippen LogP) is 1.84. The highest BCUT2D eigenvalue weighted by atomic mass is 16.2. The van der Waals surface area contributed by atoms with Crippen LogP contribution >= 0.6 is 0 Å². The summed E-state index contributed by atoms with van der Waals surface area (Å²) in [4.78, 5) is 29.7. The van der Waals surface area contributed by atoms with Crippen LogP contribution in [0.4, 0.5) is 0 Å². The molecular formula is C15H20N2O2. The molecule has 4 heteroatoms. The van der Waals surface area contributed by atoms with E-state index in [1.807, 2.05) is 30.9 Å². The molecule has 0 aromatic carbocycles. The summed E-state index contributed by atoms with van der Waals surface area (Å²) in [5.74, 6) is 0.392. The number of likely N-dealkylation sites (tertiary alicyclic amines) is 1. The van der Waals surface area contributed by atoms with Crippen LogP contribution < -0.4 is 0 Å². The van der Waals surface area contributed by atoms with Crippen molar-refractivity contribution in [3.8, 4) is 0 Å². The van der Waals surface area contributed by atoms with E-state index in [4.69, 9.17) is 0 Å². The number of aromatic nitrogens is 1. The first-order valence-corrected chi connectivity index (χ1v) is 6.69. The van der Waals surface area contributed by atoms with Gasteiger partial charge in [-0.05, 0) is 24.1 Å². The Morgan fingerprint density at radius 1 is 1.37 bits per heavy atom. The quantitative estimate of drug-likeness (QED) is 0.833. The molecule has 0 aliphatic carbocycles. The molecule has 2 heterocycles. The molecule has 1 fully saturated rings. The van der Waals surface area contributed by atoms with Gasteiger partial charge in [0.15, 0.2) is 0 Å². The number of rotatable bonds is 3. The fraction of sp³-hybridized carbons (Fsp3) is 0.533. The van der Waals surface area contributed by atoms with Crippen molar-refractivity contribution in [1.82, 2.24) is 9.88 Å². The molecule has 1 amide bonds. The highest BCUT2D eigenvalue weighted by molar-refractivity contribution is 5.87. The number of amides is 1. The van der Waals surface area contributed by atoms with Gasteiger partial charge in [0.1, 0.15) is 5.78 Å². The molecule has 1 aliphatic heterocycles. The van der Waals surface area contributed by atoms with Crippen molar-refractivity contribution in [2.75, 3.05) is 13.1 Å². The van der Waals surface area contributed by atoms with Gasteiger partial charge in [0.05, 0.1) is 0 Å². The lowest BCUT2D eigenvalue weighted by Crippen LogP contribution is -2.48. The van der Waals surface area contributed by atoms with Gasteiger partial charge < -0.3 is 4.90 Å². The molecule has 0 unspecified atom stereocenters. The zero-order valence-electron chi connectivity index (χ0n) is 11.6. The molecule has 1 saturated heterocycles. The fourth-order valence-corrected chi connectivity index (χ4v) is 2.39. The number of pyridine rings is 1. The smallest absolute Gasteiger partial charge is 0.222 e. The molecule has 1 aromatic rings. The molecule has 1 aliphatic rings. The molecule has 0 spiro atoms. The van der Waals surface area contributed by atoms with Crippen LogP contribution in [-0.4, -0.2) is 34.7 Å². The van der Waals surface area contributed by atoms with Gasteiger partial charge in [-0.3, -0.25) is 14.6 Å². The van der Waals surface area contributed by atoms with Crippen molar-refractivity contribution in [3.63, 3.8) is 0 Å². The Balaban J connectivity index is 1.89. The zero-order valence-corrected chi connectivity index (χ0v) is 11.6. The Hall–Kier alpha value is -1.71. The third-order valence-corrected chi connectivity index (χ3v) is 3.68. The highest BCUT2D eigenvalue weighted by Crippen LogP contribution is 2.25. The van der Waals surface area contributed by atoms with Crippen LogP contribution in [0.1, 0.15) is 32.3 Å². The summed E-state index contributed by atoms with van der Waals surface area (Å²) >= 11 is 0. The first kappa shape index (κ1) is 13.7. The molecule has 0 bridgehead atoms. The van der Waals surface area contributed by atoms with Gasteiger partial charge in [0, 0.05) is 43.7 Å². The van der Waals surface area contributed by atoms with E-state index in [0.29, 0.717) is 25.9 Å². The Morgan fingerprint density at radius 3 is 2.68 bits per heavy atom. The van der Waals surface area contributed by atoms with Gasteiger partial charge in [-0.15, -0.1) is 0 Å². The lowest BCUT2D eigenvalue weighted by Gasteiger charge is -2.36. The van der Waals surface area contributed by atoms with Crippen molar-refractivity contribution in [3.05, 3.63) is 30.1 Å². The van der Waals surface area contributed by atoms with E-state index in [-0.39, 0.29) is 11.7 Å². The molecule has 0 radical (unpaired) electrons. The van der Waals surface area contributed by atoms with Crippen molar-refractivity contribution in [1.29, 1.82) is 0 Å². The maximum atomic E-state index is 12.2. The second-order valence-electron chi connectivity index (χ2n) is 5.73. The van der Waals surface area contributed by atoms with E-state index in [2.05, 4.69) is 4.98 Å². The van der Waals surface area contributed by atoms with E-state index in [1.54, 1.807) is 12.4 Å². The molecule has 2 rings (SSSR count). The van der Waals surface area contributed by atoms with Crippen LogP contribution in [-0.2, 0) is 16.0 Å². The Bertz CT molecular complexity index is 468. The maximum Gasteiger partial charge on any atom is 0.222 e. The molecule has 102 valence electrons. The number of carbonyl (C=O) groups is 2. The number of Topliss-reactive ketones (excluding diaryl/α,β-unsaturated/α-hetero) is 1. The summed E-state index contributed by atoms with van der Waals surface area (Å²) in [5, 5.41) is 0. The third kappa shape index (κ3) is 3.40. The average Bonchev–Trinajstić information content (AvgIpc) is 2.40. The van der Waals surface area contributed by atoms with Gasteiger partial charge in [-0.1, -0.05) is 13.8 Å². The van der Waals surface area contributed by atoms with Crippen molar-refractivity contribution in [2.24, 2.45) is 5.41 Å². The summed E-state index contributed by atoms with van der Waals surface area (Å²) in [7, 11) is 0. The minimum atomic E-state index is -0.398. The summed E-state index contributed by atoms with van der Waals surface area (Å²) in [6, 6.07) is 3.86. The molecular weight excluding hydrogens is 240 g/mol. The first-order valence-electron chi connectivity index (χ1n) is 6.69. The molecule has 1 aromatic heterocycles. The van der Waals surface area contributed by atoms with Crippen LogP contribution in [0.25, 0.3) is 0 Å². The molecule has 0 saturated carbocycles. The van der Waals surface area contributed by atoms with Crippen molar-refractivity contribution >= 4 is 11.7 Å². The fourth-order valence-electron chi connectivity index (χ4n) is 2.39. The van der Waals surface area contributed by atoms with Gasteiger partial charge >= 0.3 is 0 Å². The second-order valence-corrected chi connectivity index (χ2v) is 5.73. The summed E-state index contributed by atoms with van der Waals surface area (Å²) in [6.07, 6.45) is 5.18. The van der Waals surface area contributed by atoms with Crippen molar-refractivity contribution < 1.29 is 9.59 Å². The summed E-state index contributed by atoms with van der Waals surface area (Å²) in [5.41, 5.74) is 0.723. The normalized spacial score (nSPS) is 18.4. The van der Waals surface area contributed by atoms with Crippen molar-refractivity contribution in [2.45, 2.75) is 33.1 Å². The number of carbonyl (C=O) groups excluding carboxylic acids is 2. The maximum absolute atomic E-state index is 12.2. The third-order valence-electron chi connectivity index (χ3n) is 3.68. The SMILES string of the molecule is CC1(C)CN(C(=O)CCc2ccncc2)CCC1=O. The largest absolute Gasteiger partial charge is 0.341 e. The van der Waals surface area contributed by atoms with E-state index < -0.39 is 5.41 Å². The monoisotopic (exact) mass is 260 g/mol. The number of hydrogen-bond donors (Lipinski definition) is 0. The van der Waals surface area contributed by atoms with Gasteiger partial charge in [0.25, 0.3) is 0 Å². The number of nitrogens with zero attached hydrogens (tertiary/aromatic N) is 2. The number of ketones is 1. The van der Waals surface area contributed by atoms with Gasteiger partial charge in [0.2, 0.25) is 5.91 Å². The number of hydrogen-bond acceptors (Lipinski definition) is 3. The van der Waals surface area contributed by atoms with E-state index >= 15 is 0 Å². The Kier molecular flexibility index (Phi) is 3.98. The topological polar surface area (TPSA) is 50.3 Å². The molecule has 0 atom stereocenters. The number of aryl methyl sites for hydroxylation is 1. The van der Waals surface area contributed by atoms with E-state index in [0.717, 1.165) is 12.0 Å². The summed E-state index contributed by atoms with van der Waals surface area (Å²) < 4.78 is 0. The number of piperidine rings is 1. The van der Waals surface area contributed by atoms with Crippen LogP contribution in [0.5, 0.6) is 0 Å². The van der Waals surface area contributed by atoms with E-state index in [9.17, 15) is 9.59 Å².